The minimum Gasteiger partial charge on any atom is -0.341 e. The minimum atomic E-state index is -0.363. The Kier molecular flexibility index (Phi) is 5.04. The average Bonchev–Trinajstić information content (AvgIpc) is 2.73. The van der Waals surface area contributed by atoms with Gasteiger partial charge in [0.25, 0.3) is 5.91 Å². The molecule has 2 aromatic carbocycles. The van der Waals surface area contributed by atoms with Gasteiger partial charge in [0.1, 0.15) is 0 Å². The van der Waals surface area contributed by atoms with Gasteiger partial charge in [-0.2, -0.15) is 0 Å². The molecule has 5 nitrogen and oxygen atoms in total. The highest BCUT2D eigenvalue weighted by Crippen LogP contribution is 2.24. The lowest BCUT2D eigenvalue weighted by atomic mass is 9.99. The van der Waals surface area contributed by atoms with Crippen molar-refractivity contribution < 1.29 is 4.79 Å². The number of nitrogens with zero attached hydrogens (tertiary/aromatic N) is 1. The Labute approximate surface area is 169 Å². The maximum atomic E-state index is 13.2. The van der Waals surface area contributed by atoms with Crippen LogP contribution in [0.4, 0.5) is 0 Å². The fourth-order valence-corrected chi connectivity index (χ4v) is 3.54. The highest BCUT2D eigenvalue weighted by molar-refractivity contribution is 9.10. The summed E-state index contributed by atoms with van der Waals surface area (Å²) in [5, 5.41) is 3.74. The number of carbonyl (C=O) groups excluding carboxylic acids is 1. The van der Waals surface area contributed by atoms with E-state index in [1.165, 1.54) is 6.07 Å². The number of H-pyrrole nitrogens is 1. The molecule has 4 aromatic rings. The number of carbonyl (C=O) groups is 1. The van der Waals surface area contributed by atoms with Gasteiger partial charge in [0.2, 0.25) is 5.56 Å². The number of aromatic amines is 1. The van der Waals surface area contributed by atoms with Gasteiger partial charge in [0.15, 0.2) is 0 Å². The second kappa shape index (κ2) is 7.78. The average molecular weight is 434 g/mol. The topological polar surface area (TPSA) is 74.8 Å². The Morgan fingerprint density at radius 2 is 1.68 bits per heavy atom. The molecule has 0 saturated carbocycles. The number of rotatable bonds is 4. The summed E-state index contributed by atoms with van der Waals surface area (Å²) in [7, 11) is 0. The van der Waals surface area contributed by atoms with Gasteiger partial charge in [-0.1, -0.05) is 46.3 Å². The zero-order chi connectivity index (χ0) is 19.5. The van der Waals surface area contributed by atoms with Crippen molar-refractivity contribution in [3.8, 4) is 0 Å². The molecule has 0 aliphatic heterocycles. The van der Waals surface area contributed by atoms with Crippen LogP contribution in [0.1, 0.15) is 27.5 Å². The molecule has 28 heavy (non-hydrogen) atoms. The van der Waals surface area contributed by atoms with Crippen LogP contribution < -0.4 is 10.9 Å². The van der Waals surface area contributed by atoms with Crippen molar-refractivity contribution in [3.63, 3.8) is 0 Å². The summed E-state index contributed by atoms with van der Waals surface area (Å²) in [6, 6.07) is 19.8. The van der Waals surface area contributed by atoms with Crippen LogP contribution in [0.15, 0.2) is 88.4 Å². The van der Waals surface area contributed by atoms with E-state index in [1.54, 1.807) is 18.5 Å². The van der Waals surface area contributed by atoms with Gasteiger partial charge >= 0.3 is 0 Å². The van der Waals surface area contributed by atoms with Gasteiger partial charge in [-0.15, -0.1) is 0 Å². The Balaban J connectivity index is 1.78. The first kappa shape index (κ1) is 18.1. The summed E-state index contributed by atoms with van der Waals surface area (Å²) in [6.45, 7) is 0. The van der Waals surface area contributed by atoms with Gasteiger partial charge in [-0.25, -0.2) is 0 Å². The van der Waals surface area contributed by atoms with E-state index in [1.807, 2.05) is 54.6 Å². The van der Waals surface area contributed by atoms with Crippen LogP contribution in [0.25, 0.3) is 10.9 Å². The normalized spacial score (nSPS) is 11.9. The zero-order valence-corrected chi connectivity index (χ0v) is 16.3. The molecule has 0 fully saturated rings. The van der Waals surface area contributed by atoms with E-state index >= 15 is 0 Å². The van der Waals surface area contributed by atoms with E-state index in [9.17, 15) is 9.59 Å². The van der Waals surface area contributed by atoms with Crippen molar-refractivity contribution in [2.45, 2.75) is 6.04 Å². The van der Waals surface area contributed by atoms with E-state index in [0.29, 0.717) is 16.5 Å². The maximum Gasteiger partial charge on any atom is 0.252 e. The van der Waals surface area contributed by atoms with Gasteiger partial charge in [0.05, 0.1) is 11.6 Å². The lowest BCUT2D eigenvalue weighted by molar-refractivity contribution is 0.0944. The van der Waals surface area contributed by atoms with E-state index in [2.05, 4.69) is 31.2 Å². The molecule has 2 heterocycles. The van der Waals surface area contributed by atoms with Crippen LogP contribution in [-0.2, 0) is 0 Å². The molecule has 1 unspecified atom stereocenters. The van der Waals surface area contributed by atoms with Gasteiger partial charge in [0, 0.05) is 33.8 Å². The third-order valence-corrected chi connectivity index (χ3v) is 4.99. The Bertz CT molecular complexity index is 1150. The molecule has 0 spiro atoms. The number of fused-ring (bicyclic) bond motifs is 1. The van der Waals surface area contributed by atoms with E-state index < -0.39 is 0 Å². The number of pyridine rings is 2. The fourth-order valence-electron chi connectivity index (χ4n) is 3.18. The SMILES string of the molecule is O=C(NC(c1ccccc1)c1ccncc1)c1cc(=O)[nH]c2ccc(Br)cc12. The van der Waals surface area contributed by atoms with Crippen molar-refractivity contribution in [2.24, 2.45) is 0 Å². The molecule has 2 N–H and O–H groups in total. The summed E-state index contributed by atoms with van der Waals surface area (Å²) < 4.78 is 0.829. The first-order valence-corrected chi connectivity index (χ1v) is 9.49. The van der Waals surface area contributed by atoms with E-state index in [-0.39, 0.29) is 17.5 Å². The summed E-state index contributed by atoms with van der Waals surface area (Å²) in [5.74, 6) is -0.320. The van der Waals surface area contributed by atoms with Gasteiger partial charge in [-0.05, 0) is 41.5 Å². The van der Waals surface area contributed by atoms with Crippen molar-refractivity contribution in [1.29, 1.82) is 0 Å². The summed E-state index contributed by atoms with van der Waals surface area (Å²) >= 11 is 3.43. The van der Waals surface area contributed by atoms with Crippen molar-refractivity contribution in [3.05, 3.63) is 111 Å². The van der Waals surface area contributed by atoms with Gasteiger partial charge < -0.3 is 10.3 Å². The zero-order valence-electron chi connectivity index (χ0n) is 14.7. The number of hydrogen-bond donors (Lipinski definition) is 2. The number of benzene rings is 2. The van der Waals surface area contributed by atoms with Crippen molar-refractivity contribution in [1.82, 2.24) is 15.3 Å². The third-order valence-electron chi connectivity index (χ3n) is 4.50. The predicted octanol–water partition coefficient (Wildman–Crippen LogP) is 4.21. The number of amides is 1. The quantitative estimate of drug-likeness (QED) is 0.506. The number of hydrogen-bond acceptors (Lipinski definition) is 3. The molecule has 0 radical (unpaired) electrons. The Morgan fingerprint density at radius 3 is 2.43 bits per heavy atom. The molecule has 0 bridgehead atoms. The number of aromatic nitrogens is 2. The highest BCUT2D eigenvalue weighted by atomic mass is 79.9. The number of nitrogens with one attached hydrogen (secondary N) is 2. The summed E-state index contributed by atoms with van der Waals surface area (Å²) in [6.07, 6.45) is 3.38. The molecule has 1 amide bonds. The lowest BCUT2D eigenvalue weighted by Crippen LogP contribution is -2.30. The van der Waals surface area contributed by atoms with Crippen LogP contribution in [0.2, 0.25) is 0 Å². The summed E-state index contributed by atoms with van der Waals surface area (Å²) in [4.78, 5) is 32.1. The molecular weight excluding hydrogens is 418 g/mol. The second-order valence-electron chi connectivity index (χ2n) is 6.33. The molecule has 138 valence electrons. The van der Waals surface area contributed by atoms with Crippen LogP contribution in [0.3, 0.4) is 0 Å². The first-order valence-electron chi connectivity index (χ1n) is 8.70. The molecule has 0 saturated heterocycles. The number of halogens is 1. The Hall–Kier alpha value is -3.25. The van der Waals surface area contributed by atoms with Crippen LogP contribution in [0.5, 0.6) is 0 Å². The fraction of sp³-hybridized carbons (Fsp3) is 0.0455. The molecule has 4 rings (SSSR count). The maximum absolute atomic E-state index is 13.2. The predicted molar refractivity (Wildman–Crippen MR) is 112 cm³/mol. The van der Waals surface area contributed by atoms with Crippen LogP contribution >= 0.6 is 15.9 Å². The molecule has 1 atom stereocenters. The molecular formula is C22H16BrN3O2. The first-order chi connectivity index (χ1) is 13.6. The lowest BCUT2D eigenvalue weighted by Gasteiger charge is -2.20. The molecule has 0 aliphatic rings. The van der Waals surface area contributed by atoms with Crippen molar-refractivity contribution in [2.75, 3.05) is 0 Å². The Morgan fingerprint density at radius 1 is 0.964 bits per heavy atom. The van der Waals surface area contributed by atoms with Crippen LogP contribution in [0, 0.1) is 0 Å². The molecule has 0 aliphatic carbocycles. The highest BCUT2D eigenvalue weighted by Gasteiger charge is 2.20. The minimum absolute atomic E-state index is 0.319. The smallest absolute Gasteiger partial charge is 0.252 e. The van der Waals surface area contributed by atoms with Crippen LogP contribution in [-0.4, -0.2) is 15.9 Å². The summed E-state index contributed by atoms with van der Waals surface area (Å²) in [5.41, 5.74) is 2.47. The third kappa shape index (κ3) is 3.73. The van der Waals surface area contributed by atoms with Gasteiger partial charge in [-0.3, -0.25) is 14.6 Å². The molecule has 2 aromatic heterocycles. The van der Waals surface area contributed by atoms with Crippen molar-refractivity contribution >= 4 is 32.7 Å². The largest absolute Gasteiger partial charge is 0.341 e. The van der Waals surface area contributed by atoms with E-state index in [0.717, 1.165) is 15.6 Å². The monoisotopic (exact) mass is 433 g/mol. The second-order valence-corrected chi connectivity index (χ2v) is 7.25. The van der Waals surface area contributed by atoms with E-state index in [4.69, 9.17) is 0 Å². The standard InChI is InChI=1S/C22H16BrN3O2/c23-16-6-7-19-17(12-16)18(13-20(27)25-19)22(28)26-21(14-4-2-1-3-5-14)15-8-10-24-11-9-15/h1-13,21H,(H,25,27)(H,26,28). The molecule has 6 heteroatoms.